The summed E-state index contributed by atoms with van der Waals surface area (Å²) in [7, 11) is 0. The minimum Gasteiger partial charge on any atom is -0.206 e. The van der Waals surface area contributed by atoms with Crippen molar-refractivity contribution in [2.24, 2.45) is 0 Å². The van der Waals surface area contributed by atoms with Gasteiger partial charge in [0.15, 0.2) is 0 Å². The molecule has 70 valence electrons. The standard InChI is InChI=1S/C8H3BrF4/c9-4-1-6(10)5(3-8(12)13)7(11)2-4/h1-3H. The molecule has 5 heteroatoms. The lowest BCUT2D eigenvalue weighted by atomic mass is 10.2. The minimum atomic E-state index is -2.14. The van der Waals surface area contributed by atoms with Crippen LogP contribution in [0.1, 0.15) is 5.56 Å². The van der Waals surface area contributed by atoms with Crippen LogP contribution >= 0.6 is 15.9 Å². The zero-order valence-electron chi connectivity index (χ0n) is 6.12. The van der Waals surface area contributed by atoms with E-state index in [9.17, 15) is 17.6 Å². The molecule has 0 aromatic heterocycles. The van der Waals surface area contributed by atoms with Crippen LogP contribution in [0.5, 0.6) is 0 Å². The minimum absolute atomic E-state index is 0.150. The van der Waals surface area contributed by atoms with Crippen molar-refractivity contribution in [3.05, 3.63) is 39.9 Å². The van der Waals surface area contributed by atoms with Crippen LogP contribution in [0.15, 0.2) is 22.7 Å². The molecule has 0 saturated carbocycles. The van der Waals surface area contributed by atoms with Gasteiger partial charge in [-0.2, -0.15) is 8.78 Å². The van der Waals surface area contributed by atoms with Crippen molar-refractivity contribution in [2.75, 3.05) is 0 Å². The Morgan fingerprint density at radius 3 is 2.00 bits per heavy atom. The smallest absolute Gasteiger partial charge is 0.206 e. The normalized spacial score (nSPS) is 9.92. The maximum absolute atomic E-state index is 12.8. The first kappa shape index (κ1) is 10.2. The Kier molecular flexibility index (Phi) is 3.08. The molecule has 0 unspecified atom stereocenters. The van der Waals surface area contributed by atoms with Crippen molar-refractivity contribution < 1.29 is 17.6 Å². The van der Waals surface area contributed by atoms with Crippen LogP contribution in [0.25, 0.3) is 6.08 Å². The summed E-state index contributed by atoms with van der Waals surface area (Å²) in [5.74, 6) is -2.06. The fourth-order valence-electron chi connectivity index (χ4n) is 0.800. The van der Waals surface area contributed by atoms with Gasteiger partial charge in [-0.1, -0.05) is 15.9 Å². The van der Waals surface area contributed by atoms with Gasteiger partial charge in [-0.3, -0.25) is 0 Å². The van der Waals surface area contributed by atoms with Gasteiger partial charge in [0.2, 0.25) is 0 Å². The van der Waals surface area contributed by atoms with E-state index in [1.807, 2.05) is 0 Å². The van der Waals surface area contributed by atoms with E-state index in [2.05, 4.69) is 15.9 Å². The molecule has 0 aliphatic rings. The Balaban J connectivity index is 3.29. The second kappa shape index (κ2) is 3.91. The molecular formula is C8H3BrF4. The third kappa shape index (κ3) is 2.55. The van der Waals surface area contributed by atoms with Gasteiger partial charge in [-0.15, -0.1) is 0 Å². The first-order valence-electron chi connectivity index (χ1n) is 3.18. The second-order valence-electron chi connectivity index (χ2n) is 2.22. The Bertz CT molecular complexity index is 332. The molecule has 0 aliphatic carbocycles. The van der Waals surface area contributed by atoms with Crippen molar-refractivity contribution in [1.29, 1.82) is 0 Å². The summed E-state index contributed by atoms with van der Waals surface area (Å²) in [6, 6.07) is 1.83. The Hall–Kier alpha value is -0.840. The lowest BCUT2D eigenvalue weighted by molar-refractivity contribution is 0.428. The molecule has 0 nitrogen and oxygen atoms in total. The van der Waals surface area contributed by atoms with Crippen molar-refractivity contribution >= 4 is 22.0 Å². The largest absolute Gasteiger partial charge is 0.271 e. The predicted octanol–water partition coefficient (Wildman–Crippen LogP) is 3.96. The molecule has 0 spiro atoms. The number of rotatable bonds is 1. The van der Waals surface area contributed by atoms with Crippen LogP contribution in [0.2, 0.25) is 0 Å². The zero-order valence-corrected chi connectivity index (χ0v) is 7.71. The van der Waals surface area contributed by atoms with Gasteiger partial charge in [-0.25, -0.2) is 8.78 Å². The van der Waals surface area contributed by atoms with Crippen LogP contribution in [0, 0.1) is 11.6 Å². The summed E-state index contributed by atoms with van der Waals surface area (Å²) in [4.78, 5) is 0. The van der Waals surface area contributed by atoms with Crippen LogP contribution < -0.4 is 0 Å². The summed E-state index contributed by atoms with van der Waals surface area (Å²) < 4.78 is 49.2. The fourth-order valence-corrected chi connectivity index (χ4v) is 1.20. The molecule has 0 radical (unpaired) electrons. The summed E-state index contributed by atoms with van der Waals surface area (Å²) in [6.07, 6.45) is -1.99. The molecule has 0 amide bonds. The maximum Gasteiger partial charge on any atom is 0.271 e. The third-order valence-corrected chi connectivity index (χ3v) is 1.76. The predicted molar refractivity (Wildman–Crippen MR) is 44.3 cm³/mol. The quantitative estimate of drug-likeness (QED) is 0.666. The van der Waals surface area contributed by atoms with Crippen molar-refractivity contribution in [2.45, 2.75) is 0 Å². The molecule has 1 aromatic carbocycles. The van der Waals surface area contributed by atoms with Crippen LogP contribution in [0.3, 0.4) is 0 Å². The summed E-state index contributed by atoms with van der Waals surface area (Å²) >= 11 is 2.83. The van der Waals surface area contributed by atoms with E-state index in [1.165, 1.54) is 0 Å². The van der Waals surface area contributed by atoms with Gasteiger partial charge in [-0.05, 0) is 12.1 Å². The van der Waals surface area contributed by atoms with Gasteiger partial charge in [0, 0.05) is 10.5 Å². The van der Waals surface area contributed by atoms with Crippen LogP contribution in [0.4, 0.5) is 17.6 Å². The fraction of sp³-hybridized carbons (Fsp3) is 0. The van der Waals surface area contributed by atoms with Crippen molar-refractivity contribution in [3.8, 4) is 0 Å². The zero-order chi connectivity index (χ0) is 10.0. The highest BCUT2D eigenvalue weighted by molar-refractivity contribution is 9.10. The van der Waals surface area contributed by atoms with E-state index in [1.54, 1.807) is 0 Å². The third-order valence-electron chi connectivity index (χ3n) is 1.30. The SMILES string of the molecule is FC(F)=Cc1c(F)cc(Br)cc1F. The molecule has 0 fully saturated rings. The molecule has 1 aromatic rings. The second-order valence-corrected chi connectivity index (χ2v) is 3.13. The van der Waals surface area contributed by atoms with Crippen molar-refractivity contribution in [1.82, 2.24) is 0 Å². The molecular weight excluding hydrogens is 252 g/mol. The molecule has 0 heterocycles. The number of halogens is 5. The van der Waals surface area contributed by atoms with Crippen molar-refractivity contribution in [3.63, 3.8) is 0 Å². The monoisotopic (exact) mass is 254 g/mol. The topological polar surface area (TPSA) is 0 Å². The van der Waals surface area contributed by atoms with E-state index in [0.717, 1.165) is 12.1 Å². The van der Waals surface area contributed by atoms with E-state index in [0.29, 0.717) is 0 Å². The first-order valence-corrected chi connectivity index (χ1v) is 3.97. The summed E-state index contributed by atoms with van der Waals surface area (Å²) in [5.41, 5.74) is -0.733. The average Bonchev–Trinajstić information content (AvgIpc) is 1.96. The molecule has 13 heavy (non-hydrogen) atoms. The number of hydrogen-bond acceptors (Lipinski definition) is 0. The summed E-state index contributed by atoms with van der Waals surface area (Å²) in [6.45, 7) is 0. The van der Waals surface area contributed by atoms with Gasteiger partial charge in [0.1, 0.15) is 11.6 Å². The first-order chi connectivity index (χ1) is 6.00. The number of hydrogen-bond donors (Lipinski definition) is 0. The Morgan fingerprint density at radius 1 is 1.15 bits per heavy atom. The molecule has 1 rings (SSSR count). The Morgan fingerprint density at radius 2 is 1.62 bits per heavy atom. The summed E-state index contributed by atoms with van der Waals surface area (Å²) in [5, 5.41) is 0. The molecule has 0 atom stereocenters. The van der Waals surface area contributed by atoms with Gasteiger partial charge < -0.3 is 0 Å². The van der Waals surface area contributed by atoms with E-state index >= 15 is 0 Å². The maximum atomic E-state index is 12.8. The average molecular weight is 255 g/mol. The lowest BCUT2D eigenvalue weighted by Crippen LogP contribution is -1.88. The van der Waals surface area contributed by atoms with E-state index < -0.39 is 23.3 Å². The molecule has 0 N–H and O–H groups in total. The van der Waals surface area contributed by atoms with E-state index in [4.69, 9.17) is 0 Å². The van der Waals surface area contributed by atoms with Crippen LogP contribution in [-0.2, 0) is 0 Å². The lowest BCUT2D eigenvalue weighted by Gasteiger charge is -1.99. The molecule has 0 saturated heterocycles. The van der Waals surface area contributed by atoms with Gasteiger partial charge >= 0.3 is 0 Å². The van der Waals surface area contributed by atoms with Gasteiger partial charge in [0.05, 0.1) is 5.56 Å². The van der Waals surface area contributed by atoms with Crippen LogP contribution in [-0.4, -0.2) is 0 Å². The highest BCUT2D eigenvalue weighted by Gasteiger charge is 2.09. The molecule has 0 aliphatic heterocycles. The highest BCUT2D eigenvalue weighted by Crippen LogP contribution is 2.21. The Labute approximate surface area is 80.0 Å². The highest BCUT2D eigenvalue weighted by atomic mass is 79.9. The van der Waals surface area contributed by atoms with E-state index in [-0.39, 0.29) is 10.5 Å². The molecule has 0 bridgehead atoms. The van der Waals surface area contributed by atoms with Gasteiger partial charge in [0.25, 0.3) is 6.08 Å². The number of benzene rings is 1.